The number of halogens is 1. The van der Waals surface area contributed by atoms with Gasteiger partial charge in [0.15, 0.2) is 5.96 Å². The lowest BCUT2D eigenvalue weighted by Crippen LogP contribution is -2.34. The molecule has 0 saturated heterocycles. The molecule has 1 rings (SSSR count). The summed E-state index contributed by atoms with van der Waals surface area (Å²) in [5.41, 5.74) is 6.76. The van der Waals surface area contributed by atoms with Crippen LogP contribution in [-0.4, -0.2) is 19.0 Å². The highest BCUT2D eigenvalue weighted by Crippen LogP contribution is 2.29. The van der Waals surface area contributed by atoms with Gasteiger partial charge in [0, 0.05) is 17.0 Å². The summed E-state index contributed by atoms with van der Waals surface area (Å²) in [6, 6.07) is 7.86. The minimum Gasteiger partial charge on any atom is -0.370 e. The van der Waals surface area contributed by atoms with E-state index in [0.717, 1.165) is 23.6 Å². The number of hydrogen-bond acceptors (Lipinski definition) is 1. The lowest BCUT2D eigenvalue weighted by atomic mass is 9.85. The van der Waals surface area contributed by atoms with E-state index in [2.05, 4.69) is 31.1 Å². The monoisotopic (exact) mass is 267 g/mol. The molecule has 0 amide bonds. The second-order valence-electron chi connectivity index (χ2n) is 4.99. The number of aliphatic imine (C=N–C) groups is 1. The molecule has 18 heavy (non-hydrogen) atoms. The first-order valence-corrected chi connectivity index (χ1v) is 6.64. The molecule has 0 radical (unpaired) electrons. The summed E-state index contributed by atoms with van der Waals surface area (Å²) in [7, 11) is 0. The lowest BCUT2D eigenvalue weighted by Gasteiger charge is -2.24. The summed E-state index contributed by atoms with van der Waals surface area (Å²) in [5, 5.41) is 3.84. The number of hydrogen-bond donors (Lipinski definition) is 2. The van der Waals surface area contributed by atoms with Crippen LogP contribution in [0.1, 0.15) is 32.8 Å². The second-order valence-corrected chi connectivity index (χ2v) is 5.40. The molecule has 0 fully saturated rings. The predicted octanol–water partition coefficient (Wildman–Crippen LogP) is 2.93. The van der Waals surface area contributed by atoms with Crippen LogP contribution in [0.5, 0.6) is 0 Å². The van der Waals surface area contributed by atoms with Crippen molar-refractivity contribution < 1.29 is 0 Å². The minimum atomic E-state index is -0.128. The molecular weight excluding hydrogens is 246 g/mol. The number of nitrogens with two attached hydrogens (primary N) is 1. The van der Waals surface area contributed by atoms with Crippen LogP contribution in [0.15, 0.2) is 29.3 Å². The Morgan fingerprint density at radius 1 is 1.39 bits per heavy atom. The van der Waals surface area contributed by atoms with Crippen molar-refractivity contribution in [1.82, 2.24) is 5.32 Å². The van der Waals surface area contributed by atoms with E-state index >= 15 is 0 Å². The molecular formula is C14H22ClN3. The first-order valence-electron chi connectivity index (χ1n) is 6.26. The Morgan fingerprint density at radius 2 is 2.06 bits per heavy atom. The van der Waals surface area contributed by atoms with Crippen LogP contribution in [0.4, 0.5) is 0 Å². The van der Waals surface area contributed by atoms with Crippen molar-refractivity contribution in [1.29, 1.82) is 0 Å². The van der Waals surface area contributed by atoms with Gasteiger partial charge in [0.05, 0.1) is 6.54 Å². The lowest BCUT2D eigenvalue weighted by molar-refractivity contribution is 0.539. The fraction of sp³-hybridized carbons (Fsp3) is 0.500. The number of rotatable bonds is 5. The zero-order chi connectivity index (χ0) is 13.6. The van der Waals surface area contributed by atoms with E-state index in [9.17, 15) is 0 Å². The molecule has 0 aromatic heterocycles. The average Bonchev–Trinajstić information content (AvgIpc) is 2.34. The second kappa shape index (κ2) is 6.64. The highest BCUT2D eigenvalue weighted by atomic mass is 35.5. The van der Waals surface area contributed by atoms with Crippen LogP contribution in [0.25, 0.3) is 0 Å². The van der Waals surface area contributed by atoms with Crippen molar-refractivity contribution in [3.05, 3.63) is 34.9 Å². The summed E-state index contributed by atoms with van der Waals surface area (Å²) in [6.07, 6.45) is 1.03. The Hall–Kier alpha value is -1.22. The Kier molecular flexibility index (Phi) is 5.48. The van der Waals surface area contributed by atoms with Crippen LogP contribution < -0.4 is 11.1 Å². The molecule has 4 heteroatoms. The fourth-order valence-electron chi connectivity index (χ4n) is 1.69. The zero-order valence-corrected chi connectivity index (χ0v) is 12.1. The third kappa shape index (κ3) is 4.22. The average molecular weight is 268 g/mol. The Bertz CT molecular complexity index is 413. The maximum absolute atomic E-state index is 6.21. The van der Waals surface area contributed by atoms with Crippen LogP contribution >= 0.6 is 11.6 Å². The van der Waals surface area contributed by atoms with Gasteiger partial charge in [-0.15, -0.1) is 0 Å². The maximum atomic E-state index is 6.21. The number of nitrogens with zero attached hydrogens (tertiary/aromatic N) is 1. The van der Waals surface area contributed by atoms with Gasteiger partial charge >= 0.3 is 0 Å². The Labute approximate surface area is 114 Å². The smallest absolute Gasteiger partial charge is 0.188 e. The quantitative estimate of drug-likeness (QED) is 0.637. The normalized spacial score (nSPS) is 12.6. The number of guanidine groups is 1. The number of benzene rings is 1. The molecule has 0 aliphatic heterocycles. The van der Waals surface area contributed by atoms with Gasteiger partial charge in [0.1, 0.15) is 0 Å². The van der Waals surface area contributed by atoms with Crippen molar-refractivity contribution in [3.8, 4) is 0 Å². The van der Waals surface area contributed by atoms with Crippen LogP contribution in [0.2, 0.25) is 5.02 Å². The van der Waals surface area contributed by atoms with Crippen LogP contribution in [0.3, 0.4) is 0 Å². The Morgan fingerprint density at radius 3 is 2.67 bits per heavy atom. The molecule has 0 unspecified atom stereocenters. The molecule has 0 atom stereocenters. The van der Waals surface area contributed by atoms with Crippen LogP contribution in [0, 0.1) is 0 Å². The van der Waals surface area contributed by atoms with Gasteiger partial charge in [0.25, 0.3) is 0 Å². The van der Waals surface area contributed by atoms with Gasteiger partial charge in [-0.25, -0.2) is 0 Å². The SMILES string of the molecule is CCCNC(N)=NCC(C)(C)c1ccccc1Cl. The van der Waals surface area contributed by atoms with E-state index in [0.29, 0.717) is 12.5 Å². The van der Waals surface area contributed by atoms with Gasteiger partial charge in [-0.1, -0.05) is 50.6 Å². The topological polar surface area (TPSA) is 50.4 Å². The maximum Gasteiger partial charge on any atom is 0.188 e. The predicted molar refractivity (Wildman–Crippen MR) is 79.3 cm³/mol. The standard InChI is InChI=1S/C14H22ClN3/c1-4-9-17-13(16)18-10-14(2,3)11-7-5-6-8-12(11)15/h5-8H,4,9-10H2,1-3H3,(H3,16,17,18). The van der Waals surface area contributed by atoms with E-state index < -0.39 is 0 Å². The molecule has 0 heterocycles. The van der Waals surface area contributed by atoms with E-state index in [1.54, 1.807) is 0 Å². The fourth-order valence-corrected chi connectivity index (χ4v) is 2.08. The molecule has 1 aromatic rings. The van der Waals surface area contributed by atoms with Gasteiger partial charge in [-0.05, 0) is 18.1 Å². The van der Waals surface area contributed by atoms with Crippen LogP contribution in [-0.2, 0) is 5.41 Å². The largest absolute Gasteiger partial charge is 0.370 e. The summed E-state index contributed by atoms with van der Waals surface area (Å²) in [4.78, 5) is 4.38. The first-order chi connectivity index (χ1) is 8.47. The van der Waals surface area contributed by atoms with Crippen molar-refractivity contribution in [3.63, 3.8) is 0 Å². The summed E-state index contributed by atoms with van der Waals surface area (Å²) >= 11 is 6.21. The summed E-state index contributed by atoms with van der Waals surface area (Å²) in [5.74, 6) is 0.497. The van der Waals surface area contributed by atoms with Gasteiger partial charge in [0.2, 0.25) is 0 Å². The van der Waals surface area contributed by atoms with E-state index in [1.165, 1.54) is 0 Å². The summed E-state index contributed by atoms with van der Waals surface area (Å²) < 4.78 is 0. The molecule has 0 spiro atoms. The van der Waals surface area contributed by atoms with Crippen molar-refractivity contribution >= 4 is 17.6 Å². The molecule has 0 bridgehead atoms. The van der Waals surface area contributed by atoms with Gasteiger partial charge in [-0.3, -0.25) is 4.99 Å². The Balaban J connectivity index is 2.73. The van der Waals surface area contributed by atoms with E-state index in [-0.39, 0.29) is 5.41 Å². The van der Waals surface area contributed by atoms with Gasteiger partial charge in [-0.2, -0.15) is 0 Å². The van der Waals surface area contributed by atoms with Crippen molar-refractivity contribution in [2.24, 2.45) is 10.7 Å². The highest BCUT2D eigenvalue weighted by molar-refractivity contribution is 6.31. The third-order valence-corrected chi connectivity index (χ3v) is 3.13. The third-order valence-electron chi connectivity index (χ3n) is 2.80. The molecule has 0 aliphatic carbocycles. The zero-order valence-electron chi connectivity index (χ0n) is 11.3. The van der Waals surface area contributed by atoms with Crippen molar-refractivity contribution in [2.75, 3.05) is 13.1 Å². The van der Waals surface area contributed by atoms with Crippen molar-refractivity contribution in [2.45, 2.75) is 32.6 Å². The molecule has 0 saturated carbocycles. The first kappa shape index (κ1) is 14.8. The molecule has 3 N–H and O–H groups in total. The summed E-state index contributed by atoms with van der Waals surface area (Å²) in [6.45, 7) is 7.78. The molecule has 100 valence electrons. The van der Waals surface area contributed by atoms with E-state index in [1.807, 2.05) is 24.3 Å². The minimum absolute atomic E-state index is 0.128. The molecule has 0 aliphatic rings. The molecule has 3 nitrogen and oxygen atoms in total. The van der Waals surface area contributed by atoms with E-state index in [4.69, 9.17) is 17.3 Å². The highest BCUT2D eigenvalue weighted by Gasteiger charge is 2.22. The number of nitrogens with one attached hydrogen (secondary N) is 1. The van der Waals surface area contributed by atoms with Gasteiger partial charge < -0.3 is 11.1 Å². The molecule has 1 aromatic carbocycles.